The number of piperazine rings is 1. The largest absolute Gasteiger partial charge is 0.484 e. The molecule has 0 unspecified atom stereocenters. The summed E-state index contributed by atoms with van der Waals surface area (Å²) in [6.07, 6.45) is 1.68. The highest BCUT2D eigenvalue weighted by Crippen LogP contribution is 2.22. The number of furan rings is 1. The number of ether oxygens (including phenoxy) is 1. The van der Waals surface area contributed by atoms with E-state index >= 15 is 0 Å². The molecule has 2 heterocycles. The van der Waals surface area contributed by atoms with E-state index in [1.54, 1.807) is 6.26 Å². The van der Waals surface area contributed by atoms with Crippen molar-refractivity contribution in [2.24, 2.45) is 0 Å². The van der Waals surface area contributed by atoms with Gasteiger partial charge in [0.1, 0.15) is 11.5 Å². The second-order valence-electron chi connectivity index (χ2n) is 7.21. The summed E-state index contributed by atoms with van der Waals surface area (Å²) >= 11 is 0. The lowest BCUT2D eigenvalue weighted by Crippen LogP contribution is -2.48. The molecule has 1 N–H and O–H groups in total. The molecule has 0 spiro atoms. The van der Waals surface area contributed by atoms with Gasteiger partial charge in [0.05, 0.1) is 12.3 Å². The van der Waals surface area contributed by atoms with Crippen LogP contribution in [0.2, 0.25) is 0 Å². The maximum absolute atomic E-state index is 12.3. The number of benzene rings is 1. The van der Waals surface area contributed by atoms with Crippen LogP contribution in [0.3, 0.4) is 0 Å². The lowest BCUT2D eigenvalue weighted by molar-refractivity contribution is -0.123. The van der Waals surface area contributed by atoms with E-state index in [-0.39, 0.29) is 18.6 Å². The van der Waals surface area contributed by atoms with Gasteiger partial charge in [-0.15, -0.1) is 0 Å². The molecule has 2 aromatic rings. The molecule has 0 saturated carbocycles. The maximum Gasteiger partial charge on any atom is 0.258 e. The molecular formula is C21H29N3O3. The third kappa shape index (κ3) is 5.34. The molecule has 1 amide bonds. The first-order valence-corrected chi connectivity index (χ1v) is 9.45. The van der Waals surface area contributed by atoms with Crippen molar-refractivity contribution in [3.63, 3.8) is 0 Å². The number of nitrogens with zero attached hydrogens (tertiary/aromatic N) is 2. The van der Waals surface area contributed by atoms with E-state index in [0.29, 0.717) is 6.54 Å². The number of carbonyl (C=O) groups excluding carboxylic acids is 1. The van der Waals surface area contributed by atoms with Gasteiger partial charge in [0.15, 0.2) is 6.61 Å². The van der Waals surface area contributed by atoms with E-state index in [1.165, 1.54) is 5.56 Å². The molecular weight excluding hydrogens is 342 g/mol. The van der Waals surface area contributed by atoms with Crippen LogP contribution in [0.1, 0.15) is 22.9 Å². The molecule has 1 saturated heterocycles. The molecule has 27 heavy (non-hydrogen) atoms. The summed E-state index contributed by atoms with van der Waals surface area (Å²) in [5.41, 5.74) is 2.36. The molecule has 1 aromatic carbocycles. The van der Waals surface area contributed by atoms with Crippen LogP contribution in [0, 0.1) is 13.8 Å². The summed E-state index contributed by atoms with van der Waals surface area (Å²) in [5, 5.41) is 3.00. The molecule has 1 aliphatic rings. The minimum Gasteiger partial charge on any atom is -0.484 e. The Labute approximate surface area is 161 Å². The van der Waals surface area contributed by atoms with Crippen LogP contribution in [0.4, 0.5) is 0 Å². The Morgan fingerprint density at radius 2 is 1.96 bits per heavy atom. The van der Waals surface area contributed by atoms with Gasteiger partial charge in [-0.05, 0) is 56.3 Å². The van der Waals surface area contributed by atoms with Crippen molar-refractivity contribution < 1.29 is 13.9 Å². The predicted molar refractivity (Wildman–Crippen MR) is 105 cm³/mol. The normalized spacial score (nSPS) is 16.9. The Kier molecular flexibility index (Phi) is 6.53. The summed E-state index contributed by atoms with van der Waals surface area (Å²) in [7, 11) is 2.13. The van der Waals surface area contributed by atoms with Crippen LogP contribution in [0.25, 0.3) is 0 Å². The van der Waals surface area contributed by atoms with Crippen molar-refractivity contribution in [2.75, 3.05) is 46.4 Å². The highest BCUT2D eigenvalue weighted by atomic mass is 16.5. The third-order valence-corrected chi connectivity index (χ3v) is 5.19. The zero-order valence-electron chi connectivity index (χ0n) is 16.4. The van der Waals surface area contributed by atoms with E-state index in [0.717, 1.165) is 43.3 Å². The minimum atomic E-state index is -0.126. The number of likely N-dealkylation sites (N-methyl/N-ethyl adjacent to an activating group) is 1. The number of hydrogen-bond acceptors (Lipinski definition) is 5. The first-order chi connectivity index (χ1) is 13.0. The Hall–Kier alpha value is -2.31. The summed E-state index contributed by atoms with van der Waals surface area (Å²) in [6.45, 7) is 8.55. The zero-order chi connectivity index (χ0) is 19.2. The summed E-state index contributed by atoms with van der Waals surface area (Å²) in [6, 6.07) is 9.76. The van der Waals surface area contributed by atoms with Crippen molar-refractivity contribution in [1.29, 1.82) is 0 Å². The van der Waals surface area contributed by atoms with Gasteiger partial charge in [0, 0.05) is 32.7 Å². The van der Waals surface area contributed by atoms with Crippen molar-refractivity contribution in [3.8, 4) is 5.75 Å². The van der Waals surface area contributed by atoms with Gasteiger partial charge in [-0.2, -0.15) is 0 Å². The Morgan fingerprint density at radius 3 is 2.63 bits per heavy atom. The molecule has 1 aliphatic heterocycles. The molecule has 1 atom stereocenters. The Bertz CT molecular complexity index is 737. The lowest BCUT2D eigenvalue weighted by Gasteiger charge is -2.37. The van der Waals surface area contributed by atoms with Gasteiger partial charge in [-0.1, -0.05) is 6.07 Å². The number of carbonyl (C=O) groups is 1. The van der Waals surface area contributed by atoms with Crippen molar-refractivity contribution in [2.45, 2.75) is 19.9 Å². The topological polar surface area (TPSA) is 58.0 Å². The molecule has 1 aromatic heterocycles. The van der Waals surface area contributed by atoms with Crippen molar-refractivity contribution >= 4 is 5.91 Å². The number of aryl methyl sites for hydroxylation is 2. The molecule has 1 fully saturated rings. The SMILES string of the molecule is Cc1ccc(OCC(=O)NC[C@@H](c2ccco2)N2CCN(C)CC2)cc1C. The monoisotopic (exact) mass is 371 g/mol. The van der Waals surface area contributed by atoms with Crippen molar-refractivity contribution in [1.82, 2.24) is 15.1 Å². The van der Waals surface area contributed by atoms with Crippen LogP contribution < -0.4 is 10.1 Å². The molecule has 6 heteroatoms. The molecule has 0 radical (unpaired) electrons. The average molecular weight is 371 g/mol. The summed E-state index contributed by atoms with van der Waals surface area (Å²) in [4.78, 5) is 17.0. The van der Waals surface area contributed by atoms with Crippen LogP contribution in [-0.2, 0) is 4.79 Å². The fourth-order valence-corrected chi connectivity index (χ4v) is 3.24. The summed E-state index contributed by atoms with van der Waals surface area (Å²) in [5.74, 6) is 1.48. The van der Waals surface area contributed by atoms with Gasteiger partial charge in [-0.3, -0.25) is 9.69 Å². The number of nitrogens with one attached hydrogen (secondary N) is 1. The van der Waals surface area contributed by atoms with Gasteiger partial charge in [0.25, 0.3) is 5.91 Å². The van der Waals surface area contributed by atoms with Crippen LogP contribution in [0.15, 0.2) is 41.0 Å². The predicted octanol–water partition coefficient (Wildman–Crippen LogP) is 2.38. The molecule has 146 valence electrons. The molecule has 3 rings (SSSR count). The van der Waals surface area contributed by atoms with Crippen LogP contribution >= 0.6 is 0 Å². The lowest BCUT2D eigenvalue weighted by atomic mass is 10.1. The van der Waals surface area contributed by atoms with E-state index in [4.69, 9.17) is 9.15 Å². The Morgan fingerprint density at radius 1 is 1.19 bits per heavy atom. The first-order valence-electron chi connectivity index (χ1n) is 9.45. The molecule has 6 nitrogen and oxygen atoms in total. The Balaban J connectivity index is 1.53. The van der Waals surface area contributed by atoms with Crippen LogP contribution in [-0.4, -0.2) is 62.1 Å². The van der Waals surface area contributed by atoms with Gasteiger partial charge < -0.3 is 19.4 Å². The first kappa shape index (κ1) is 19.5. The zero-order valence-corrected chi connectivity index (χ0v) is 16.4. The smallest absolute Gasteiger partial charge is 0.258 e. The number of hydrogen-bond donors (Lipinski definition) is 1. The van der Waals surface area contributed by atoms with Gasteiger partial charge in [-0.25, -0.2) is 0 Å². The van der Waals surface area contributed by atoms with Gasteiger partial charge >= 0.3 is 0 Å². The molecule has 0 bridgehead atoms. The van der Waals surface area contributed by atoms with E-state index in [1.807, 2.05) is 37.3 Å². The number of amides is 1. The van der Waals surface area contributed by atoms with E-state index in [9.17, 15) is 4.79 Å². The maximum atomic E-state index is 12.3. The third-order valence-electron chi connectivity index (χ3n) is 5.19. The number of rotatable bonds is 7. The quantitative estimate of drug-likeness (QED) is 0.810. The highest BCUT2D eigenvalue weighted by molar-refractivity contribution is 5.77. The standard InChI is InChI=1S/C21H29N3O3/c1-16-6-7-18(13-17(16)2)27-15-21(25)22-14-19(20-5-4-12-26-20)24-10-8-23(3)9-11-24/h4-7,12-13,19H,8-11,14-15H2,1-3H3,(H,22,25)/t19-/m0/s1. The van der Waals surface area contributed by atoms with E-state index in [2.05, 4.69) is 29.1 Å². The summed E-state index contributed by atoms with van der Waals surface area (Å²) < 4.78 is 11.3. The van der Waals surface area contributed by atoms with Crippen molar-refractivity contribution in [3.05, 3.63) is 53.5 Å². The molecule has 0 aliphatic carbocycles. The minimum absolute atomic E-state index is 0.0100. The highest BCUT2D eigenvalue weighted by Gasteiger charge is 2.26. The van der Waals surface area contributed by atoms with E-state index < -0.39 is 0 Å². The van der Waals surface area contributed by atoms with Crippen LogP contribution in [0.5, 0.6) is 5.75 Å². The van der Waals surface area contributed by atoms with Gasteiger partial charge in [0.2, 0.25) is 0 Å². The second kappa shape index (κ2) is 9.06. The fraction of sp³-hybridized carbons (Fsp3) is 0.476. The average Bonchev–Trinajstić information content (AvgIpc) is 3.19. The fourth-order valence-electron chi connectivity index (χ4n) is 3.24. The second-order valence-corrected chi connectivity index (χ2v) is 7.21.